The average molecular weight is 490 g/mol. The lowest BCUT2D eigenvalue weighted by molar-refractivity contribution is -0.162. The van der Waals surface area contributed by atoms with Crippen LogP contribution in [0.4, 0.5) is 0 Å². The van der Waals surface area contributed by atoms with Gasteiger partial charge in [0.05, 0.1) is 25.5 Å². The summed E-state index contributed by atoms with van der Waals surface area (Å²) in [6.07, 6.45) is 2.81. The number of esters is 1. The Balaban J connectivity index is 2.17. The SMILES string of the molecule is CCCCOc1nc(C(=O)NCC(C)(O)C(=O)OCC)ncc1C(=O)NC(P)c1ccccc1. The molecule has 1 aromatic carbocycles. The fourth-order valence-electron chi connectivity index (χ4n) is 2.71. The maximum atomic E-state index is 12.9. The fourth-order valence-corrected chi connectivity index (χ4v) is 3.08. The Morgan fingerprint density at radius 1 is 1.18 bits per heavy atom. The van der Waals surface area contributed by atoms with Gasteiger partial charge in [0.15, 0.2) is 5.60 Å². The van der Waals surface area contributed by atoms with E-state index in [9.17, 15) is 19.5 Å². The van der Waals surface area contributed by atoms with E-state index in [1.165, 1.54) is 13.1 Å². The quantitative estimate of drug-likeness (QED) is 0.233. The van der Waals surface area contributed by atoms with Crippen LogP contribution in [-0.2, 0) is 9.53 Å². The van der Waals surface area contributed by atoms with Gasteiger partial charge in [0.25, 0.3) is 11.8 Å². The monoisotopic (exact) mass is 490 g/mol. The van der Waals surface area contributed by atoms with E-state index in [1.54, 1.807) is 6.92 Å². The van der Waals surface area contributed by atoms with E-state index in [1.807, 2.05) is 37.3 Å². The molecule has 0 saturated carbocycles. The van der Waals surface area contributed by atoms with Gasteiger partial charge in [-0.15, -0.1) is 9.24 Å². The Bertz CT molecular complexity index is 987. The standard InChI is InChI=1S/C23H31N4O6P/c1-4-6-12-33-20-16(18(28)27-21(34)15-10-8-7-9-11-15)13-24-17(26-20)19(29)25-14-23(3,31)22(30)32-5-2/h7-11,13,21,31H,4-6,12,14,34H2,1-3H3,(H,25,29)(H,27,28). The smallest absolute Gasteiger partial charge is 0.339 e. The van der Waals surface area contributed by atoms with Crippen molar-refractivity contribution in [2.24, 2.45) is 0 Å². The first-order valence-electron chi connectivity index (χ1n) is 11.0. The second kappa shape index (κ2) is 13.0. The zero-order valence-corrected chi connectivity index (χ0v) is 20.7. The third-order valence-electron chi connectivity index (χ3n) is 4.69. The van der Waals surface area contributed by atoms with Crippen LogP contribution in [-0.4, -0.2) is 58.2 Å². The molecule has 0 aliphatic rings. The number of benzene rings is 1. The molecule has 0 aliphatic carbocycles. The molecule has 3 N–H and O–H groups in total. The van der Waals surface area contributed by atoms with Crippen LogP contribution in [0.25, 0.3) is 0 Å². The number of carbonyl (C=O) groups excluding carboxylic acids is 3. The lowest BCUT2D eigenvalue weighted by atomic mass is 10.1. The number of hydrogen-bond donors (Lipinski definition) is 3. The molecule has 11 heteroatoms. The molecular weight excluding hydrogens is 459 g/mol. The second-order valence-electron chi connectivity index (χ2n) is 7.65. The van der Waals surface area contributed by atoms with Crippen LogP contribution < -0.4 is 15.4 Å². The molecule has 0 radical (unpaired) electrons. The molecule has 0 aliphatic heterocycles. The minimum atomic E-state index is -1.92. The predicted octanol–water partition coefficient (Wildman–Crippen LogP) is 2.00. The summed E-state index contributed by atoms with van der Waals surface area (Å²) in [5, 5.41) is 15.4. The van der Waals surface area contributed by atoms with Crippen LogP contribution in [0.15, 0.2) is 36.5 Å². The highest BCUT2D eigenvalue weighted by Gasteiger charge is 2.33. The number of aliphatic hydroxyl groups is 1. The van der Waals surface area contributed by atoms with Crippen molar-refractivity contribution in [3.05, 3.63) is 53.5 Å². The molecule has 2 aromatic rings. The molecule has 1 heterocycles. The molecule has 1 aromatic heterocycles. The van der Waals surface area contributed by atoms with Gasteiger partial charge in [-0.1, -0.05) is 43.7 Å². The number of nitrogens with one attached hydrogen (secondary N) is 2. The molecule has 0 spiro atoms. The van der Waals surface area contributed by atoms with Crippen molar-refractivity contribution < 1.29 is 29.0 Å². The molecule has 10 nitrogen and oxygen atoms in total. The Morgan fingerprint density at radius 2 is 1.88 bits per heavy atom. The Morgan fingerprint density at radius 3 is 2.53 bits per heavy atom. The van der Waals surface area contributed by atoms with Gasteiger partial charge < -0.3 is 25.2 Å². The number of ether oxygens (including phenoxy) is 2. The maximum Gasteiger partial charge on any atom is 0.339 e. The number of amides is 2. The van der Waals surface area contributed by atoms with E-state index in [0.717, 1.165) is 18.4 Å². The van der Waals surface area contributed by atoms with Gasteiger partial charge in [-0.25, -0.2) is 9.78 Å². The van der Waals surface area contributed by atoms with Crippen molar-refractivity contribution in [1.29, 1.82) is 0 Å². The van der Waals surface area contributed by atoms with Crippen LogP contribution in [0.2, 0.25) is 0 Å². The van der Waals surface area contributed by atoms with Crippen molar-refractivity contribution in [2.45, 2.75) is 45.0 Å². The van der Waals surface area contributed by atoms with E-state index < -0.39 is 29.9 Å². The zero-order valence-electron chi connectivity index (χ0n) is 19.5. The van der Waals surface area contributed by atoms with Crippen molar-refractivity contribution >= 4 is 27.0 Å². The number of rotatable bonds is 12. The first-order valence-corrected chi connectivity index (χ1v) is 11.6. The molecule has 0 fully saturated rings. The minimum Gasteiger partial charge on any atom is -0.477 e. The Hall–Kier alpha value is -3.10. The number of carbonyl (C=O) groups is 3. The topological polar surface area (TPSA) is 140 Å². The largest absolute Gasteiger partial charge is 0.477 e. The summed E-state index contributed by atoms with van der Waals surface area (Å²) in [5.74, 6) is -2.73. The summed E-state index contributed by atoms with van der Waals surface area (Å²) in [6.45, 7) is 4.81. The van der Waals surface area contributed by atoms with E-state index in [-0.39, 0.29) is 29.7 Å². The molecule has 3 unspecified atom stereocenters. The Labute approximate surface area is 201 Å². The van der Waals surface area contributed by atoms with Crippen LogP contribution in [0, 0.1) is 0 Å². The summed E-state index contributed by atoms with van der Waals surface area (Å²) >= 11 is 0. The summed E-state index contributed by atoms with van der Waals surface area (Å²) < 4.78 is 10.5. The minimum absolute atomic E-state index is 0.0338. The molecule has 2 rings (SSSR count). The third-order valence-corrected chi connectivity index (χ3v) is 5.24. The van der Waals surface area contributed by atoms with Gasteiger partial charge in [-0.2, -0.15) is 4.98 Å². The van der Waals surface area contributed by atoms with Crippen molar-refractivity contribution in [3.63, 3.8) is 0 Å². The van der Waals surface area contributed by atoms with Crippen LogP contribution in [0.1, 0.15) is 65.9 Å². The van der Waals surface area contributed by atoms with Gasteiger partial charge in [0, 0.05) is 6.20 Å². The van der Waals surface area contributed by atoms with Gasteiger partial charge in [0.1, 0.15) is 5.56 Å². The average Bonchev–Trinajstić information content (AvgIpc) is 2.83. The first-order chi connectivity index (χ1) is 16.2. The van der Waals surface area contributed by atoms with E-state index in [0.29, 0.717) is 6.61 Å². The second-order valence-corrected chi connectivity index (χ2v) is 8.32. The van der Waals surface area contributed by atoms with Gasteiger partial charge in [0.2, 0.25) is 11.7 Å². The van der Waals surface area contributed by atoms with Crippen molar-refractivity contribution in [1.82, 2.24) is 20.6 Å². The molecule has 34 heavy (non-hydrogen) atoms. The van der Waals surface area contributed by atoms with Crippen LogP contribution >= 0.6 is 9.24 Å². The molecule has 0 saturated heterocycles. The Kier molecular flexibility index (Phi) is 10.3. The lowest BCUT2D eigenvalue weighted by Gasteiger charge is -2.21. The van der Waals surface area contributed by atoms with Crippen molar-refractivity contribution in [2.75, 3.05) is 19.8 Å². The molecular formula is C23H31N4O6P. The van der Waals surface area contributed by atoms with Crippen LogP contribution in [0.5, 0.6) is 5.88 Å². The molecule has 184 valence electrons. The normalized spacial score (nSPS) is 13.3. The number of aromatic nitrogens is 2. The van der Waals surface area contributed by atoms with E-state index >= 15 is 0 Å². The molecule has 2 amide bonds. The van der Waals surface area contributed by atoms with E-state index in [2.05, 4.69) is 29.8 Å². The fraction of sp³-hybridized carbons (Fsp3) is 0.435. The van der Waals surface area contributed by atoms with Crippen LogP contribution in [0.3, 0.4) is 0 Å². The highest BCUT2D eigenvalue weighted by molar-refractivity contribution is 7.17. The third kappa shape index (κ3) is 7.74. The summed E-state index contributed by atoms with van der Waals surface area (Å²) in [7, 11) is 2.55. The first kappa shape index (κ1) is 27.1. The number of unbranched alkanes of at least 4 members (excludes halogenated alkanes) is 1. The van der Waals surface area contributed by atoms with Crippen molar-refractivity contribution in [3.8, 4) is 5.88 Å². The highest BCUT2D eigenvalue weighted by Crippen LogP contribution is 2.22. The zero-order chi connectivity index (χ0) is 25.1. The van der Waals surface area contributed by atoms with Gasteiger partial charge in [-0.3, -0.25) is 9.59 Å². The summed E-state index contributed by atoms with van der Waals surface area (Å²) in [4.78, 5) is 45.3. The molecule has 0 bridgehead atoms. The highest BCUT2D eigenvalue weighted by atomic mass is 31.0. The molecule has 3 atom stereocenters. The summed E-state index contributed by atoms with van der Waals surface area (Å²) in [6, 6.07) is 9.38. The van der Waals surface area contributed by atoms with Gasteiger partial charge in [-0.05, 0) is 25.8 Å². The van der Waals surface area contributed by atoms with E-state index in [4.69, 9.17) is 9.47 Å². The maximum absolute atomic E-state index is 12.9. The predicted molar refractivity (Wildman–Crippen MR) is 128 cm³/mol. The number of hydrogen-bond acceptors (Lipinski definition) is 8. The number of nitrogens with zero attached hydrogens (tertiary/aromatic N) is 2. The lowest BCUT2D eigenvalue weighted by Crippen LogP contribution is -2.47. The summed E-state index contributed by atoms with van der Waals surface area (Å²) in [5.41, 5.74) is -0.952. The van der Waals surface area contributed by atoms with Gasteiger partial charge >= 0.3 is 5.97 Å².